The maximum Gasteiger partial charge on any atom is 0.223 e. The zero-order valence-electron chi connectivity index (χ0n) is 11.9. The first-order chi connectivity index (χ1) is 9.19. The minimum Gasteiger partial charge on any atom is -0.374 e. The molecule has 2 fully saturated rings. The average Bonchev–Trinajstić information content (AvgIpc) is 2.45. The molecule has 0 radical (unpaired) electrons. The number of ether oxygens (including phenoxy) is 1. The average molecular weight is 269 g/mol. The Morgan fingerprint density at radius 3 is 2.74 bits per heavy atom. The van der Waals surface area contributed by atoms with Gasteiger partial charge in [0, 0.05) is 25.6 Å². The van der Waals surface area contributed by atoms with Crippen LogP contribution in [0, 0.1) is 11.8 Å². The van der Waals surface area contributed by atoms with Gasteiger partial charge in [-0.2, -0.15) is 0 Å². The smallest absolute Gasteiger partial charge is 0.223 e. The van der Waals surface area contributed by atoms with E-state index in [-0.39, 0.29) is 17.9 Å². The van der Waals surface area contributed by atoms with E-state index in [1.165, 1.54) is 0 Å². The van der Waals surface area contributed by atoms with Crippen LogP contribution in [0.4, 0.5) is 0 Å². The van der Waals surface area contributed by atoms with Crippen molar-refractivity contribution in [2.75, 3.05) is 39.8 Å². The molecule has 1 aliphatic carbocycles. The van der Waals surface area contributed by atoms with E-state index in [9.17, 15) is 4.79 Å². The first kappa shape index (κ1) is 14.8. The number of nitrogens with one attached hydrogen (secondary N) is 1. The SMILES string of the molecule is CN1CCOC(CNC(=O)C2CCC(CN)CC2)C1. The molecule has 2 rings (SSSR count). The minimum atomic E-state index is 0.142. The minimum absolute atomic E-state index is 0.142. The number of rotatable bonds is 4. The third kappa shape index (κ3) is 4.44. The van der Waals surface area contributed by atoms with Gasteiger partial charge >= 0.3 is 0 Å². The highest BCUT2D eigenvalue weighted by atomic mass is 16.5. The van der Waals surface area contributed by atoms with E-state index in [4.69, 9.17) is 10.5 Å². The van der Waals surface area contributed by atoms with Gasteiger partial charge in [-0.25, -0.2) is 0 Å². The molecule has 0 aromatic rings. The van der Waals surface area contributed by atoms with Crippen LogP contribution in [-0.2, 0) is 9.53 Å². The molecular formula is C14H27N3O2. The lowest BCUT2D eigenvalue weighted by molar-refractivity contribution is -0.127. The van der Waals surface area contributed by atoms with Gasteiger partial charge in [-0.3, -0.25) is 4.79 Å². The molecule has 1 atom stereocenters. The lowest BCUT2D eigenvalue weighted by atomic mass is 9.81. The first-order valence-corrected chi connectivity index (χ1v) is 7.47. The molecule has 3 N–H and O–H groups in total. The maximum absolute atomic E-state index is 12.1. The molecule has 5 nitrogen and oxygen atoms in total. The van der Waals surface area contributed by atoms with Crippen LogP contribution < -0.4 is 11.1 Å². The topological polar surface area (TPSA) is 67.6 Å². The second kappa shape index (κ2) is 7.22. The van der Waals surface area contributed by atoms with E-state index >= 15 is 0 Å². The fraction of sp³-hybridized carbons (Fsp3) is 0.929. The molecule has 0 aromatic carbocycles. The van der Waals surface area contributed by atoms with Crippen molar-refractivity contribution >= 4 is 5.91 Å². The zero-order valence-corrected chi connectivity index (χ0v) is 11.9. The summed E-state index contributed by atoms with van der Waals surface area (Å²) in [5.74, 6) is 1.01. The fourth-order valence-electron chi connectivity index (χ4n) is 3.01. The second-order valence-electron chi connectivity index (χ2n) is 5.95. The fourth-order valence-corrected chi connectivity index (χ4v) is 3.01. The molecule has 1 saturated heterocycles. The van der Waals surface area contributed by atoms with Gasteiger partial charge < -0.3 is 20.7 Å². The highest BCUT2D eigenvalue weighted by molar-refractivity contribution is 5.78. The number of hydrogen-bond acceptors (Lipinski definition) is 4. The molecule has 110 valence electrons. The molecule has 0 aromatic heterocycles. The van der Waals surface area contributed by atoms with Crippen molar-refractivity contribution in [3.05, 3.63) is 0 Å². The summed E-state index contributed by atoms with van der Waals surface area (Å²) in [4.78, 5) is 14.3. The van der Waals surface area contributed by atoms with Gasteiger partial charge in [-0.15, -0.1) is 0 Å². The van der Waals surface area contributed by atoms with Crippen molar-refractivity contribution in [1.29, 1.82) is 0 Å². The Labute approximate surface area is 115 Å². The van der Waals surface area contributed by atoms with Crippen molar-refractivity contribution in [2.24, 2.45) is 17.6 Å². The Hall–Kier alpha value is -0.650. The standard InChI is InChI=1S/C14H27N3O2/c1-17-6-7-19-13(10-17)9-16-14(18)12-4-2-11(8-15)3-5-12/h11-13H,2-10,15H2,1H3,(H,16,18). The van der Waals surface area contributed by atoms with Gasteiger partial charge in [0.1, 0.15) is 0 Å². The van der Waals surface area contributed by atoms with E-state index in [0.29, 0.717) is 12.5 Å². The largest absolute Gasteiger partial charge is 0.374 e. The van der Waals surface area contributed by atoms with Crippen molar-refractivity contribution in [2.45, 2.75) is 31.8 Å². The quantitative estimate of drug-likeness (QED) is 0.765. The number of carbonyl (C=O) groups is 1. The third-order valence-corrected chi connectivity index (χ3v) is 4.40. The summed E-state index contributed by atoms with van der Waals surface area (Å²) >= 11 is 0. The highest BCUT2D eigenvalue weighted by Crippen LogP contribution is 2.28. The first-order valence-electron chi connectivity index (χ1n) is 7.47. The third-order valence-electron chi connectivity index (χ3n) is 4.40. The lowest BCUT2D eigenvalue weighted by Gasteiger charge is -2.31. The number of carbonyl (C=O) groups excluding carboxylic acids is 1. The maximum atomic E-state index is 12.1. The van der Waals surface area contributed by atoms with E-state index in [1.54, 1.807) is 0 Å². The van der Waals surface area contributed by atoms with E-state index in [1.807, 2.05) is 0 Å². The van der Waals surface area contributed by atoms with Crippen molar-refractivity contribution in [3.63, 3.8) is 0 Å². The number of hydrogen-bond donors (Lipinski definition) is 2. The molecule has 19 heavy (non-hydrogen) atoms. The van der Waals surface area contributed by atoms with Gasteiger partial charge in [0.2, 0.25) is 5.91 Å². The summed E-state index contributed by atoms with van der Waals surface area (Å²) < 4.78 is 5.65. The Kier molecular flexibility index (Phi) is 5.60. The van der Waals surface area contributed by atoms with E-state index < -0.39 is 0 Å². The second-order valence-corrected chi connectivity index (χ2v) is 5.95. The summed E-state index contributed by atoms with van der Waals surface area (Å²) in [5, 5.41) is 3.05. The zero-order chi connectivity index (χ0) is 13.7. The highest BCUT2D eigenvalue weighted by Gasteiger charge is 2.26. The van der Waals surface area contributed by atoms with E-state index in [2.05, 4.69) is 17.3 Å². The lowest BCUT2D eigenvalue weighted by Crippen LogP contribution is -2.47. The van der Waals surface area contributed by atoms with Crippen LogP contribution in [0.2, 0.25) is 0 Å². The van der Waals surface area contributed by atoms with Crippen LogP contribution in [0.25, 0.3) is 0 Å². The Bertz CT molecular complexity index is 290. The number of morpholine rings is 1. The predicted molar refractivity (Wildman–Crippen MR) is 74.7 cm³/mol. The van der Waals surface area contributed by atoms with Crippen LogP contribution in [0.3, 0.4) is 0 Å². The summed E-state index contributed by atoms with van der Waals surface area (Å²) in [6, 6.07) is 0. The molecule has 1 unspecified atom stereocenters. The molecule has 5 heteroatoms. The Morgan fingerprint density at radius 1 is 1.37 bits per heavy atom. The number of amides is 1. The molecular weight excluding hydrogens is 242 g/mol. The molecule has 0 spiro atoms. The van der Waals surface area contributed by atoms with Crippen LogP contribution in [0.15, 0.2) is 0 Å². The number of nitrogens with two attached hydrogens (primary N) is 1. The van der Waals surface area contributed by atoms with Gasteiger partial charge in [-0.1, -0.05) is 0 Å². The molecule has 1 heterocycles. The molecule has 0 bridgehead atoms. The molecule has 1 aliphatic heterocycles. The van der Waals surface area contributed by atoms with E-state index in [0.717, 1.165) is 51.9 Å². The Morgan fingerprint density at radius 2 is 2.11 bits per heavy atom. The van der Waals surface area contributed by atoms with Crippen LogP contribution >= 0.6 is 0 Å². The molecule has 1 saturated carbocycles. The molecule has 2 aliphatic rings. The van der Waals surface area contributed by atoms with Crippen LogP contribution in [0.5, 0.6) is 0 Å². The van der Waals surface area contributed by atoms with Crippen molar-refractivity contribution < 1.29 is 9.53 Å². The summed E-state index contributed by atoms with van der Waals surface area (Å²) in [6.45, 7) is 4.04. The Balaban J connectivity index is 1.67. The predicted octanol–water partition coefficient (Wildman–Crippen LogP) is 0.198. The van der Waals surface area contributed by atoms with Crippen LogP contribution in [-0.4, -0.2) is 56.7 Å². The van der Waals surface area contributed by atoms with Gasteiger partial charge in [0.25, 0.3) is 0 Å². The van der Waals surface area contributed by atoms with Gasteiger partial charge in [-0.05, 0) is 45.2 Å². The van der Waals surface area contributed by atoms with Crippen LogP contribution in [0.1, 0.15) is 25.7 Å². The summed E-state index contributed by atoms with van der Waals surface area (Å²) in [6.07, 6.45) is 4.30. The van der Waals surface area contributed by atoms with Crippen molar-refractivity contribution in [1.82, 2.24) is 10.2 Å². The normalized spacial score (nSPS) is 33.1. The monoisotopic (exact) mass is 269 g/mol. The number of nitrogens with zero attached hydrogens (tertiary/aromatic N) is 1. The number of likely N-dealkylation sites (N-methyl/N-ethyl adjacent to an activating group) is 1. The van der Waals surface area contributed by atoms with Crippen molar-refractivity contribution in [3.8, 4) is 0 Å². The molecule has 1 amide bonds. The summed E-state index contributed by atoms with van der Waals surface area (Å²) in [7, 11) is 2.09. The summed E-state index contributed by atoms with van der Waals surface area (Å²) in [5.41, 5.74) is 5.67. The van der Waals surface area contributed by atoms with Gasteiger partial charge in [0.15, 0.2) is 0 Å². The van der Waals surface area contributed by atoms with Gasteiger partial charge in [0.05, 0.1) is 12.7 Å².